The Morgan fingerprint density at radius 2 is 1.04 bits per heavy atom. The third-order valence-electron chi connectivity index (χ3n) is 15.1. The topological polar surface area (TPSA) is 223 Å². The Labute approximate surface area is 450 Å². The maximum atomic E-state index is 14.9. The number of ether oxygens (including phenoxy) is 1. The van der Waals surface area contributed by atoms with Gasteiger partial charge in [-0.3, -0.25) is 47.9 Å². The number of likely N-dealkylation sites (N-methyl/N-ethyl adjacent to an activating group) is 3. The average Bonchev–Trinajstić information content (AvgIpc) is 4.07. The van der Waals surface area contributed by atoms with Gasteiger partial charge in [0.25, 0.3) is 0 Å². The van der Waals surface area contributed by atoms with Gasteiger partial charge in [0.1, 0.15) is 24.2 Å². The number of amides is 8. The minimum Gasteiger partial charge on any atom is -0.381 e. The molecule has 0 bridgehead atoms. The van der Waals surface area contributed by atoms with Crippen molar-refractivity contribution in [3.63, 3.8) is 0 Å². The molecule has 4 aliphatic heterocycles. The van der Waals surface area contributed by atoms with Gasteiger partial charge in [-0.25, -0.2) is 0 Å². The largest absolute Gasteiger partial charge is 0.381 e. The van der Waals surface area contributed by atoms with Gasteiger partial charge < -0.3 is 44.8 Å². The van der Waals surface area contributed by atoms with E-state index in [9.17, 15) is 47.9 Å². The normalized spacial score (nSPS) is 26.0. The summed E-state index contributed by atoms with van der Waals surface area (Å²) >= 11 is 0. The highest BCUT2D eigenvalue weighted by atomic mass is 16.5. The van der Waals surface area contributed by atoms with Crippen LogP contribution in [0, 0.1) is 35.5 Å². The molecule has 4 heterocycles. The summed E-state index contributed by atoms with van der Waals surface area (Å²) < 4.78 is 5.62. The molecule has 76 heavy (non-hydrogen) atoms. The van der Waals surface area contributed by atoms with Crippen molar-refractivity contribution >= 4 is 58.8 Å². The van der Waals surface area contributed by atoms with Crippen LogP contribution < -0.4 is 10.6 Å². The second-order valence-corrected chi connectivity index (χ2v) is 23.1. The Kier molecular flexibility index (Phi) is 23.4. The molecule has 4 saturated heterocycles. The van der Waals surface area contributed by atoms with E-state index in [-0.39, 0.29) is 118 Å². The summed E-state index contributed by atoms with van der Waals surface area (Å²) in [5.74, 6) is -6.30. The molecule has 0 radical (unpaired) electrons. The van der Waals surface area contributed by atoms with Crippen molar-refractivity contribution in [1.29, 1.82) is 0 Å². The summed E-state index contributed by atoms with van der Waals surface area (Å²) in [6.45, 7) is 13.7. The van der Waals surface area contributed by atoms with E-state index < -0.39 is 84.5 Å². The second kappa shape index (κ2) is 29.1. The predicted molar refractivity (Wildman–Crippen MR) is 286 cm³/mol. The molecular weight excluding hydrogens is 973 g/mol. The van der Waals surface area contributed by atoms with Crippen molar-refractivity contribution < 1.29 is 52.7 Å². The lowest BCUT2D eigenvalue weighted by molar-refractivity contribution is -0.148. The van der Waals surface area contributed by atoms with Crippen molar-refractivity contribution in [2.75, 3.05) is 79.7 Å². The fourth-order valence-electron chi connectivity index (χ4n) is 11.4. The van der Waals surface area contributed by atoms with Gasteiger partial charge in [-0.15, -0.1) is 0 Å². The van der Waals surface area contributed by atoms with E-state index >= 15 is 0 Å². The standard InChI is InChI=1S/C57H88N8O11/c1-10-62-36-51(69)58-46(27-38(4)5)54(72)61(9)35-50(68)59-47(28-39(6)7)55(73)65-23-15-19-49(65)57(75)63(32-41-20-24-76-25-21-41)34-45(67)30-42(26-37(2)3)52(70)60(8)33-44(66)31-43(29-40-16-12-11-13-17-40)53(71)64-22-14-18-48(64)56(62)74/h11-13,16-17,37-39,41-43,46-49H,10,14-15,18-36H2,1-9H3,(H,58,69)(H,59,68)/t42-,43-,46+,47+,48-,49-/m1/s1. The summed E-state index contributed by atoms with van der Waals surface area (Å²) in [5, 5.41) is 5.67. The van der Waals surface area contributed by atoms with E-state index in [1.807, 2.05) is 71.9 Å². The van der Waals surface area contributed by atoms with E-state index in [2.05, 4.69) is 10.6 Å². The average molecular weight is 1060 g/mol. The van der Waals surface area contributed by atoms with E-state index in [0.29, 0.717) is 58.2 Å². The maximum Gasteiger partial charge on any atom is 0.245 e. The molecule has 2 N–H and O–H groups in total. The monoisotopic (exact) mass is 1060 g/mol. The van der Waals surface area contributed by atoms with Crippen LogP contribution in [0.4, 0.5) is 0 Å². The third kappa shape index (κ3) is 17.7. The quantitative estimate of drug-likeness (QED) is 0.327. The van der Waals surface area contributed by atoms with E-state index in [1.165, 1.54) is 43.5 Å². The second-order valence-electron chi connectivity index (χ2n) is 23.1. The highest BCUT2D eigenvalue weighted by molar-refractivity contribution is 5.98. The number of hydrogen-bond donors (Lipinski definition) is 2. The SMILES string of the molecule is CCN1CC(=O)N[C@@H](CC(C)C)C(=O)N(C)CC(=O)N[C@@H](CC(C)C)C(=O)N2CCC[C@@H]2C(=O)N(CC2CCOCC2)CC(=O)C[C@@H](CC(C)C)C(=O)N(C)CC(=O)C[C@@H](Cc2ccccc2)C(=O)N2CCC[C@@H]2C1=O. The van der Waals surface area contributed by atoms with Crippen LogP contribution in [0.5, 0.6) is 0 Å². The predicted octanol–water partition coefficient (Wildman–Crippen LogP) is 3.50. The number of carbonyl (C=O) groups is 10. The van der Waals surface area contributed by atoms with Gasteiger partial charge in [0.2, 0.25) is 47.3 Å². The van der Waals surface area contributed by atoms with Crippen LogP contribution in [-0.2, 0) is 59.1 Å². The molecule has 0 unspecified atom stereocenters. The Morgan fingerprint density at radius 3 is 1.61 bits per heavy atom. The highest BCUT2D eigenvalue weighted by Gasteiger charge is 2.43. The number of rotatable bonds is 11. The van der Waals surface area contributed by atoms with Crippen LogP contribution in [0.3, 0.4) is 0 Å². The lowest BCUT2D eigenvalue weighted by atomic mass is 9.90. The number of nitrogens with one attached hydrogen (secondary N) is 2. The number of fused-ring (bicyclic) bond motifs is 2. The zero-order chi connectivity index (χ0) is 55.8. The van der Waals surface area contributed by atoms with Gasteiger partial charge >= 0.3 is 0 Å². The summed E-state index contributed by atoms with van der Waals surface area (Å²) in [7, 11) is 2.96. The molecule has 0 spiro atoms. The first-order valence-electron chi connectivity index (χ1n) is 28.0. The minimum atomic E-state index is -1.06. The molecule has 422 valence electrons. The van der Waals surface area contributed by atoms with Crippen molar-refractivity contribution in [2.24, 2.45) is 35.5 Å². The fourth-order valence-corrected chi connectivity index (χ4v) is 11.4. The molecule has 1 aromatic carbocycles. The first kappa shape index (κ1) is 61.1. The first-order chi connectivity index (χ1) is 36.1. The molecule has 0 aliphatic carbocycles. The molecule has 4 aliphatic rings. The van der Waals surface area contributed by atoms with Crippen molar-refractivity contribution in [2.45, 2.75) is 150 Å². The summed E-state index contributed by atoms with van der Waals surface area (Å²) in [4.78, 5) is 152. The molecule has 0 saturated carbocycles. The van der Waals surface area contributed by atoms with E-state index in [0.717, 1.165) is 5.56 Å². The first-order valence-corrected chi connectivity index (χ1v) is 28.0. The zero-order valence-electron chi connectivity index (χ0n) is 46.9. The molecular formula is C57H88N8O11. The zero-order valence-corrected chi connectivity index (χ0v) is 46.9. The Balaban J connectivity index is 1.51. The number of benzene rings is 1. The lowest BCUT2D eigenvalue weighted by Gasteiger charge is -2.35. The van der Waals surface area contributed by atoms with Crippen LogP contribution in [0.25, 0.3) is 0 Å². The summed E-state index contributed by atoms with van der Waals surface area (Å²) in [5.41, 5.74) is 0.809. The summed E-state index contributed by atoms with van der Waals surface area (Å²) in [6.07, 6.45) is 3.66. The minimum absolute atomic E-state index is 0.00400. The van der Waals surface area contributed by atoms with Gasteiger partial charge in [-0.05, 0) is 100 Å². The van der Waals surface area contributed by atoms with Gasteiger partial charge in [-0.1, -0.05) is 71.9 Å². The molecule has 19 nitrogen and oxygen atoms in total. The molecule has 4 fully saturated rings. The molecule has 1 aromatic rings. The number of Topliss-reactive ketones (excluding diaryl/α,β-unsaturated/α-hetero) is 2. The Hall–Kier alpha value is -5.72. The van der Waals surface area contributed by atoms with E-state index in [4.69, 9.17) is 4.74 Å². The van der Waals surface area contributed by atoms with Gasteiger partial charge in [0.05, 0.1) is 26.2 Å². The van der Waals surface area contributed by atoms with Crippen molar-refractivity contribution in [3.8, 4) is 0 Å². The Morgan fingerprint density at radius 1 is 0.539 bits per heavy atom. The number of ketones is 2. The Bertz CT molecular complexity index is 2200. The van der Waals surface area contributed by atoms with Gasteiger partial charge in [0, 0.05) is 78.2 Å². The van der Waals surface area contributed by atoms with Crippen LogP contribution in [-0.4, -0.2) is 192 Å². The van der Waals surface area contributed by atoms with Gasteiger partial charge in [0.15, 0.2) is 11.6 Å². The van der Waals surface area contributed by atoms with Crippen LogP contribution in [0.1, 0.15) is 125 Å². The molecule has 6 atom stereocenters. The van der Waals surface area contributed by atoms with Crippen molar-refractivity contribution in [3.05, 3.63) is 35.9 Å². The smallest absolute Gasteiger partial charge is 0.245 e. The number of carbonyl (C=O) groups excluding carboxylic acids is 10. The molecule has 0 aromatic heterocycles. The number of nitrogens with zero attached hydrogens (tertiary/aromatic N) is 6. The van der Waals surface area contributed by atoms with Crippen LogP contribution >= 0.6 is 0 Å². The maximum absolute atomic E-state index is 14.9. The van der Waals surface area contributed by atoms with Gasteiger partial charge in [-0.2, -0.15) is 0 Å². The van der Waals surface area contributed by atoms with Crippen LogP contribution in [0.2, 0.25) is 0 Å². The number of hydrogen-bond acceptors (Lipinski definition) is 11. The summed E-state index contributed by atoms with van der Waals surface area (Å²) in [6, 6.07) is 5.35. The lowest BCUT2D eigenvalue weighted by Crippen LogP contribution is -2.57. The molecule has 5 rings (SSSR count). The fraction of sp³-hybridized carbons (Fsp3) is 0.719. The van der Waals surface area contributed by atoms with E-state index in [1.54, 1.807) is 6.92 Å². The van der Waals surface area contributed by atoms with Crippen molar-refractivity contribution in [1.82, 2.24) is 40.0 Å². The molecule has 8 amide bonds. The molecule has 19 heteroatoms. The highest BCUT2D eigenvalue weighted by Crippen LogP contribution is 2.28. The third-order valence-corrected chi connectivity index (χ3v) is 15.1. The van der Waals surface area contributed by atoms with Crippen LogP contribution in [0.15, 0.2) is 30.3 Å².